The zero-order chi connectivity index (χ0) is 9.68. The van der Waals surface area contributed by atoms with Crippen LogP contribution in [0, 0.1) is 0 Å². The number of unbranched alkanes of at least 4 members (excludes halogenated alkanes) is 1. The second-order valence-corrected chi connectivity index (χ2v) is 3.61. The minimum absolute atomic E-state index is 0.696. The first-order valence-corrected chi connectivity index (χ1v) is 5.36. The van der Waals surface area contributed by atoms with Crippen molar-refractivity contribution in [2.75, 3.05) is 13.1 Å². The summed E-state index contributed by atoms with van der Waals surface area (Å²) >= 11 is 0. The Hall–Kier alpha value is -0.730. The Morgan fingerprint density at radius 2 is 2.15 bits per heavy atom. The smallest absolute Gasteiger partial charge is 0.191 e. The summed E-state index contributed by atoms with van der Waals surface area (Å²) in [5.41, 5.74) is 5.89. The third kappa shape index (κ3) is 3.25. The Kier molecular flexibility index (Phi) is 4.06. The molecule has 76 valence electrons. The van der Waals surface area contributed by atoms with Gasteiger partial charge in [-0.1, -0.05) is 13.3 Å². The zero-order valence-corrected chi connectivity index (χ0v) is 8.79. The molecule has 0 aromatic heterocycles. The van der Waals surface area contributed by atoms with E-state index in [0.717, 1.165) is 19.0 Å². The third-order valence-corrected chi connectivity index (χ3v) is 2.35. The molecule has 1 fully saturated rings. The van der Waals surface area contributed by atoms with Crippen molar-refractivity contribution in [1.82, 2.24) is 4.90 Å². The van der Waals surface area contributed by atoms with E-state index in [-0.39, 0.29) is 0 Å². The van der Waals surface area contributed by atoms with Gasteiger partial charge in [-0.25, -0.2) is 0 Å². The van der Waals surface area contributed by atoms with E-state index in [9.17, 15) is 0 Å². The van der Waals surface area contributed by atoms with Crippen LogP contribution in [-0.4, -0.2) is 30.0 Å². The molecule has 0 aromatic carbocycles. The highest BCUT2D eigenvalue weighted by Crippen LogP contribution is 2.26. The Bertz CT molecular complexity index is 173. The van der Waals surface area contributed by atoms with Crippen molar-refractivity contribution >= 4 is 5.96 Å². The number of aliphatic imine (C=N–C) groups is 1. The van der Waals surface area contributed by atoms with E-state index in [0.29, 0.717) is 6.04 Å². The fraction of sp³-hybridized carbons (Fsp3) is 0.900. The topological polar surface area (TPSA) is 41.6 Å². The highest BCUT2D eigenvalue weighted by molar-refractivity contribution is 5.78. The van der Waals surface area contributed by atoms with Crippen molar-refractivity contribution in [3.05, 3.63) is 0 Å². The largest absolute Gasteiger partial charge is 0.370 e. The van der Waals surface area contributed by atoms with Gasteiger partial charge < -0.3 is 10.6 Å². The van der Waals surface area contributed by atoms with Gasteiger partial charge in [0, 0.05) is 19.1 Å². The molecule has 0 atom stereocenters. The minimum atomic E-state index is 0.696. The molecule has 0 spiro atoms. The standard InChI is InChI=1S/C10H21N3/c1-3-5-8-13(9-6-7-9)10(11)12-4-2/h9H,3-8H2,1-2H3,(H2,11,12). The average Bonchev–Trinajstić information content (AvgIpc) is 2.89. The lowest BCUT2D eigenvalue weighted by atomic mass is 10.3. The van der Waals surface area contributed by atoms with Crippen LogP contribution in [0.25, 0.3) is 0 Å². The molecule has 1 aliphatic rings. The molecule has 0 aromatic rings. The highest BCUT2D eigenvalue weighted by Gasteiger charge is 2.29. The molecule has 0 radical (unpaired) electrons. The predicted molar refractivity (Wildman–Crippen MR) is 56.8 cm³/mol. The van der Waals surface area contributed by atoms with E-state index in [1.165, 1.54) is 25.7 Å². The summed E-state index contributed by atoms with van der Waals surface area (Å²) in [4.78, 5) is 6.53. The zero-order valence-electron chi connectivity index (χ0n) is 8.79. The van der Waals surface area contributed by atoms with Crippen molar-refractivity contribution in [1.29, 1.82) is 0 Å². The van der Waals surface area contributed by atoms with Crippen LogP contribution in [0.2, 0.25) is 0 Å². The summed E-state index contributed by atoms with van der Waals surface area (Å²) < 4.78 is 0. The summed E-state index contributed by atoms with van der Waals surface area (Å²) in [5.74, 6) is 0.749. The lowest BCUT2D eigenvalue weighted by Crippen LogP contribution is -2.39. The quantitative estimate of drug-likeness (QED) is 0.519. The van der Waals surface area contributed by atoms with E-state index < -0.39 is 0 Å². The monoisotopic (exact) mass is 183 g/mol. The van der Waals surface area contributed by atoms with Crippen molar-refractivity contribution in [3.8, 4) is 0 Å². The molecule has 0 amide bonds. The maximum atomic E-state index is 5.89. The molecule has 1 rings (SSSR count). The molecule has 0 unspecified atom stereocenters. The van der Waals surface area contributed by atoms with Gasteiger partial charge in [-0.2, -0.15) is 0 Å². The van der Waals surface area contributed by atoms with Gasteiger partial charge in [-0.05, 0) is 26.2 Å². The number of nitrogens with zero attached hydrogens (tertiary/aromatic N) is 2. The molecular weight excluding hydrogens is 162 g/mol. The fourth-order valence-corrected chi connectivity index (χ4v) is 1.45. The van der Waals surface area contributed by atoms with Crippen LogP contribution in [-0.2, 0) is 0 Å². The van der Waals surface area contributed by atoms with Crippen LogP contribution in [0.4, 0.5) is 0 Å². The summed E-state index contributed by atoms with van der Waals surface area (Å²) in [7, 11) is 0. The first-order chi connectivity index (χ1) is 6.29. The first kappa shape index (κ1) is 10.4. The minimum Gasteiger partial charge on any atom is -0.370 e. The number of guanidine groups is 1. The van der Waals surface area contributed by atoms with E-state index in [1.807, 2.05) is 6.92 Å². The molecule has 3 nitrogen and oxygen atoms in total. The lowest BCUT2D eigenvalue weighted by molar-refractivity contribution is 0.393. The van der Waals surface area contributed by atoms with Crippen LogP contribution in [0.15, 0.2) is 4.99 Å². The van der Waals surface area contributed by atoms with E-state index in [1.54, 1.807) is 0 Å². The van der Waals surface area contributed by atoms with Crippen molar-refractivity contribution in [2.45, 2.75) is 45.6 Å². The van der Waals surface area contributed by atoms with Gasteiger partial charge in [0.15, 0.2) is 5.96 Å². The Morgan fingerprint density at radius 3 is 2.62 bits per heavy atom. The van der Waals surface area contributed by atoms with Crippen molar-refractivity contribution in [3.63, 3.8) is 0 Å². The van der Waals surface area contributed by atoms with Crippen LogP contribution in [0.1, 0.15) is 39.5 Å². The molecule has 0 heterocycles. The average molecular weight is 183 g/mol. The van der Waals surface area contributed by atoms with Crippen LogP contribution in [0.3, 0.4) is 0 Å². The molecule has 0 aliphatic heterocycles. The van der Waals surface area contributed by atoms with Crippen molar-refractivity contribution < 1.29 is 0 Å². The molecule has 0 saturated heterocycles. The molecule has 0 bridgehead atoms. The molecule has 2 N–H and O–H groups in total. The Balaban J connectivity index is 2.41. The SMILES string of the molecule is CCCCN(C(N)=NCC)C1CC1. The number of hydrogen-bond donors (Lipinski definition) is 1. The third-order valence-electron chi connectivity index (χ3n) is 2.35. The Labute approximate surface area is 81.0 Å². The van der Waals surface area contributed by atoms with Crippen LogP contribution >= 0.6 is 0 Å². The van der Waals surface area contributed by atoms with Gasteiger partial charge in [0.2, 0.25) is 0 Å². The first-order valence-electron chi connectivity index (χ1n) is 5.36. The highest BCUT2D eigenvalue weighted by atomic mass is 15.3. The second-order valence-electron chi connectivity index (χ2n) is 3.61. The summed E-state index contributed by atoms with van der Waals surface area (Å²) in [6.07, 6.45) is 5.03. The summed E-state index contributed by atoms with van der Waals surface area (Å²) in [5, 5.41) is 0. The molecule has 1 aliphatic carbocycles. The summed E-state index contributed by atoms with van der Waals surface area (Å²) in [6, 6.07) is 0.696. The van der Waals surface area contributed by atoms with Gasteiger partial charge in [0.25, 0.3) is 0 Å². The van der Waals surface area contributed by atoms with Gasteiger partial charge in [-0.3, -0.25) is 4.99 Å². The van der Waals surface area contributed by atoms with E-state index in [4.69, 9.17) is 5.73 Å². The van der Waals surface area contributed by atoms with Gasteiger partial charge in [0.1, 0.15) is 0 Å². The van der Waals surface area contributed by atoms with Gasteiger partial charge >= 0.3 is 0 Å². The van der Waals surface area contributed by atoms with Gasteiger partial charge in [0.05, 0.1) is 0 Å². The lowest BCUT2D eigenvalue weighted by Gasteiger charge is -2.22. The fourth-order valence-electron chi connectivity index (χ4n) is 1.45. The number of nitrogens with two attached hydrogens (primary N) is 1. The second kappa shape index (κ2) is 5.10. The Morgan fingerprint density at radius 1 is 1.46 bits per heavy atom. The molecule has 3 heteroatoms. The normalized spacial score (nSPS) is 17.5. The van der Waals surface area contributed by atoms with Gasteiger partial charge in [-0.15, -0.1) is 0 Å². The summed E-state index contributed by atoms with van der Waals surface area (Å²) in [6.45, 7) is 6.10. The molecule has 13 heavy (non-hydrogen) atoms. The van der Waals surface area contributed by atoms with E-state index >= 15 is 0 Å². The maximum absolute atomic E-state index is 5.89. The number of hydrogen-bond acceptors (Lipinski definition) is 1. The molecular formula is C10H21N3. The van der Waals surface area contributed by atoms with E-state index in [2.05, 4.69) is 16.8 Å². The van der Waals surface area contributed by atoms with Crippen LogP contribution in [0.5, 0.6) is 0 Å². The predicted octanol–water partition coefficient (Wildman–Crippen LogP) is 1.59. The van der Waals surface area contributed by atoms with Crippen LogP contribution < -0.4 is 5.73 Å². The maximum Gasteiger partial charge on any atom is 0.191 e. The molecule has 1 saturated carbocycles. The number of rotatable bonds is 5. The van der Waals surface area contributed by atoms with Crippen molar-refractivity contribution in [2.24, 2.45) is 10.7 Å².